The van der Waals surface area contributed by atoms with Crippen LogP contribution in [0.4, 0.5) is 0 Å². The van der Waals surface area contributed by atoms with Crippen LogP contribution in [0, 0.1) is 5.41 Å². The molecule has 0 spiro atoms. The maximum Gasteiger partial charge on any atom is 0.239 e. The Balaban J connectivity index is 2.76. The number of likely N-dealkylation sites (N-methyl/N-ethyl adjacent to an activating group) is 1. The number of benzene rings is 1. The van der Waals surface area contributed by atoms with E-state index in [1.807, 2.05) is 6.92 Å². The van der Waals surface area contributed by atoms with Crippen LogP contribution < -0.4 is 5.73 Å². The Morgan fingerprint density at radius 3 is 2.33 bits per heavy atom. The molecule has 1 aromatic rings. The molecule has 1 rings (SSSR count). The van der Waals surface area contributed by atoms with Crippen molar-refractivity contribution in [2.24, 2.45) is 11.1 Å². The number of phenolic OH excluding ortho intramolecular Hbond substituents is 2. The van der Waals surface area contributed by atoms with Gasteiger partial charge in [-0.25, -0.2) is 0 Å². The number of aromatic hydroxyl groups is 2. The van der Waals surface area contributed by atoms with Gasteiger partial charge in [0, 0.05) is 13.1 Å². The van der Waals surface area contributed by atoms with Crippen LogP contribution in [0.25, 0.3) is 0 Å². The Morgan fingerprint density at radius 2 is 1.86 bits per heavy atom. The van der Waals surface area contributed by atoms with Gasteiger partial charge in [0.2, 0.25) is 5.91 Å². The maximum atomic E-state index is 12.4. The molecule has 0 saturated heterocycles. The molecular weight excluding hydrogens is 268 g/mol. The first-order valence-electron chi connectivity index (χ1n) is 7.07. The van der Waals surface area contributed by atoms with Gasteiger partial charge in [0.25, 0.3) is 0 Å². The zero-order chi connectivity index (χ0) is 16.4. The van der Waals surface area contributed by atoms with Gasteiger partial charge in [-0.2, -0.15) is 0 Å². The number of carbonyl (C=O) groups excluding carboxylic acids is 1. The molecule has 0 bridgehead atoms. The second kappa shape index (κ2) is 6.35. The van der Waals surface area contributed by atoms with E-state index >= 15 is 0 Å². The second-order valence-electron chi connectivity index (χ2n) is 6.62. The predicted octanol–water partition coefficient (Wildman–Crippen LogP) is 1.86. The van der Waals surface area contributed by atoms with Crippen molar-refractivity contribution in [2.45, 2.75) is 46.2 Å². The lowest BCUT2D eigenvalue weighted by atomic mass is 9.87. The Bertz CT molecular complexity index is 509. The van der Waals surface area contributed by atoms with Crippen LogP contribution in [0.1, 0.15) is 33.3 Å². The SMILES string of the molecule is CC(N(C)C(=O)[C@@H](N)Cc1ccc(O)c(O)c1)C(C)(C)C. The van der Waals surface area contributed by atoms with Crippen LogP contribution in [0.3, 0.4) is 0 Å². The van der Waals surface area contributed by atoms with Crippen LogP contribution >= 0.6 is 0 Å². The molecule has 0 aromatic heterocycles. The highest BCUT2D eigenvalue weighted by atomic mass is 16.3. The van der Waals surface area contributed by atoms with Crippen molar-refractivity contribution in [1.29, 1.82) is 0 Å². The molecule has 4 N–H and O–H groups in total. The van der Waals surface area contributed by atoms with Crippen molar-refractivity contribution in [3.63, 3.8) is 0 Å². The van der Waals surface area contributed by atoms with E-state index in [0.29, 0.717) is 12.0 Å². The molecule has 2 atom stereocenters. The molecule has 5 heteroatoms. The molecule has 0 aliphatic carbocycles. The number of hydrogen-bond donors (Lipinski definition) is 3. The lowest BCUT2D eigenvalue weighted by Gasteiger charge is -2.36. The standard InChI is InChI=1S/C16H26N2O3/c1-10(16(2,3)4)18(5)15(21)12(17)8-11-6-7-13(19)14(20)9-11/h6-7,9-10,12,19-20H,8,17H2,1-5H3/t10?,12-/m0/s1. The molecule has 1 aromatic carbocycles. The molecule has 0 aliphatic rings. The summed E-state index contributed by atoms with van der Waals surface area (Å²) in [7, 11) is 1.76. The summed E-state index contributed by atoms with van der Waals surface area (Å²) in [4.78, 5) is 14.0. The highest BCUT2D eigenvalue weighted by Crippen LogP contribution is 2.26. The molecule has 5 nitrogen and oxygen atoms in total. The van der Waals surface area contributed by atoms with E-state index in [1.54, 1.807) is 18.0 Å². The fourth-order valence-electron chi connectivity index (χ4n) is 2.07. The van der Waals surface area contributed by atoms with E-state index in [2.05, 4.69) is 20.8 Å². The van der Waals surface area contributed by atoms with Gasteiger partial charge < -0.3 is 20.8 Å². The van der Waals surface area contributed by atoms with Crippen molar-refractivity contribution in [3.8, 4) is 11.5 Å². The molecule has 1 unspecified atom stereocenters. The van der Waals surface area contributed by atoms with Crippen LogP contribution in [0.2, 0.25) is 0 Å². The van der Waals surface area contributed by atoms with Gasteiger partial charge in [0.15, 0.2) is 11.5 Å². The Labute approximate surface area is 126 Å². The fraction of sp³-hybridized carbons (Fsp3) is 0.562. The molecule has 0 heterocycles. The normalized spacial score (nSPS) is 14.6. The lowest BCUT2D eigenvalue weighted by Crippen LogP contribution is -2.50. The average Bonchev–Trinajstić information content (AvgIpc) is 2.39. The van der Waals surface area contributed by atoms with E-state index < -0.39 is 6.04 Å². The Morgan fingerprint density at radius 1 is 1.29 bits per heavy atom. The quantitative estimate of drug-likeness (QED) is 0.740. The van der Waals surface area contributed by atoms with Gasteiger partial charge in [-0.15, -0.1) is 0 Å². The first kappa shape index (κ1) is 17.3. The molecule has 1 amide bonds. The summed E-state index contributed by atoms with van der Waals surface area (Å²) in [5.41, 5.74) is 6.67. The van der Waals surface area contributed by atoms with Crippen molar-refractivity contribution < 1.29 is 15.0 Å². The van der Waals surface area contributed by atoms with E-state index in [4.69, 9.17) is 5.73 Å². The summed E-state index contributed by atoms with van der Waals surface area (Å²) in [5, 5.41) is 18.8. The summed E-state index contributed by atoms with van der Waals surface area (Å²) >= 11 is 0. The van der Waals surface area contributed by atoms with E-state index in [9.17, 15) is 15.0 Å². The number of amides is 1. The smallest absolute Gasteiger partial charge is 0.239 e. The first-order chi connectivity index (χ1) is 9.54. The van der Waals surface area contributed by atoms with Crippen molar-refractivity contribution in [2.75, 3.05) is 7.05 Å². The summed E-state index contributed by atoms with van der Waals surface area (Å²) in [5.74, 6) is -0.523. The molecule has 0 saturated carbocycles. The highest BCUT2D eigenvalue weighted by Gasteiger charge is 2.29. The van der Waals surface area contributed by atoms with Gasteiger partial charge in [-0.1, -0.05) is 26.8 Å². The Kier molecular flexibility index (Phi) is 5.23. The number of rotatable bonds is 4. The third-order valence-corrected chi connectivity index (χ3v) is 3.99. The number of hydrogen-bond acceptors (Lipinski definition) is 4. The van der Waals surface area contributed by atoms with Gasteiger partial charge in [-0.3, -0.25) is 4.79 Å². The van der Waals surface area contributed by atoms with Crippen molar-refractivity contribution in [3.05, 3.63) is 23.8 Å². The highest BCUT2D eigenvalue weighted by molar-refractivity contribution is 5.82. The molecule has 0 aliphatic heterocycles. The van der Waals surface area contributed by atoms with Crippen molar-refractivity contribution >= 4 is 5.91 Å². The van der Waals surface area contributed by atoms with Crippen molar-refractivity contribution in [1.82, 2.24) is 4.90 Å². The van der Waals surface area contributed by atoms with Crippen LogP contribution in [-0.2, 0) is 11.2 Å². The predicted molar refractivity (Wildman–Crippen MR) is 83.1 cm³/mol. The molecular formula is C16H26N2O3. The van der Waals surface area contributed by atoms with Crippen LogP contribution in [0.15, 0.2) is 18.2 Å². The van der Waals surface area contributed by atoms with E-state index in [1.165, 1.54) is 12.1 Å². The number of phenols is 2. The summed E-state index contributed by atoms with van der Waals surface area (Å²) < 4.78 is 0. The Hall–Kier alpha value is -1.75. The van der Waals surface area contributed by atoms with Crippen LogP contribution in [0.5, 0.6) is 11.5 Å². The minimum atomic E-state index is -0.677. The molecule has 21 heavy (non-hydrogen) atoms. The van der Waals surface area contributed by atoms with E-state index in [-0.39, 0.29) is 28.9 Å². The zero-order valence-corrected chi connectivity index (χ0v) is 13.4. The van der Waals surface area contributed by atoms with Gasteiger partial charge in [0.05, 0.1) is 6.04 Å². The monoisotopic (exact) mass is 294 g/mol. The molecule has 0 fully saturated rings. The molecule has 118 valence electrons. The van der Waals surface area contributed by atoms with Gasteiger partial charge in [-0.05, 0) is 36.5 Å². The fourth-order valence-corrected chi connectivity index (χ4v) is 2.07. The lowest BCUT2D eigenvalue weighted by molar-refractivity contribution is -0.135. The number of nitrogens with two attached hydrogens (primary N) is 1. The summed E-state index contributed by atoms with van der Waals surface area (Å²) in [6.07, 6.45) is 0.313. The third kappa shape index (κ3) is 4.36. The van der Waals surface area contributed by atoms with Gasteiger partial charge in [0.1, 0.15) is 0 Å². The van der Waals surface area contributed by atoms with Crippen LogP contribution in [-0.4, -0.2) is 40.2 Å². The average molecular weight is 294 g/mol. The maximum absolute atomic E-state index is 12.4. The third-order valence-electron chi connectivity index (χ3n) is 3.99. The first-order valence-corrected chi connectivity index (χ1v) is 7.07. The van der Waals surface area contributed by atoms with E-state index in [0.717, 1.165) is 0 Å². The molecule has 0 radical (unpaired) electrons. The summed E-state index contributed by atoms with van der Waals surface area (Å²) in [6.45, 7) is 8.22. The topological polar surface area (TPSA) is 86.8 Å². The number of carbonyl (C=O) groups is 1. The minimum Gasteiger partial charge on any atom is -0.504 e. The minimum absolute atomic E-state index is 0.0269. The number of nitrogens with zero attached hydrogens (tertiary/aromatic N) is 1. The second-order valence-corrected chi connectivity index (χ2v) is 6.62. The summed E-state index contributed by atoms with van der Waals surface area (Å²) in [6, 6.07) is 3.85. The largest absolute Gasteiger partial charge is 0.504 e. The van der Waals surface area contributed by atoms with Gasteiger partial charge >= 0.3 is 0 Å². The zero-order valence-electron chi connectivity index (χ0n) is 13.4.